The highest BCUT2D eigenvalue weighted by atomic mass is 16.5. The van der Waals surface area contributed by atoms with E-state index < -0.39 is 0 Å². The maximum absolute atomic E-state index is 5.77. The van der Waals surface area contributed by atoms with Crippen molar-refractivity contribution in [3.63, 3.8) is 0 Å². The minimum atomic E-state index is 0.501. The predicted molar refractivity (Wildman–Crippen MR) is 72.9 cm³/mol. The van der Waals surface area contributed by atoms with E-state index in [0.29, 0.717) is 18.0 Å². The number of benzene rings is 2. The molecule has 2 N–H and O–H groups in total. The van der Waals surface area contributed by atoms with Gasteiger partial charge in [-0.3, -0.25) is 0 Å². The lowest BCUT2D eigenvalue weighted by Gasteiger charge is -2.10. The second-order valence-corrected chi connectivity index (χ2v) is 4.13. The van der Waals surface area contributed by atoms with Gasteiger partial charge in [-0.15, -0.1) is 0 Å². The molecule has 0 heterocycles. The second kappa shape index (κ2) is 5.45. The lowest BCUT2D eigenvalue weighted by molar-refractivity contribution is 0.303. The fourth-order valence-corrected chi connectivity index (χ4v) is 1.72. The number of aryl methyl sites for hydroxylation is 1. The quantitative estimate of drug-likeness (QED) is 0.839. The minimum Gasteiger partial charge on any atom is -0.495 e. The molecule has 94 valence electrons. The molecule has 2 aromatic rings. The Morgan fingerprint density at radius 2 is 1.83 bits per heavy atom. The van der Waals surface area contributed by atoms with Crippen LogP contribution in [0, 0.1) is 6.92 Å². The van der Waals surface area contributed by atoms with Crippen LogP contribution in [0.15, 0.2) is 42.5 Å². The van der Waals surface area contributed by atoms with Gasteiger partial charge in [-0.05, 0) is 36.2 Å². The Hall–Kier alpha value is -2.16. The molecule has 3 heteroatoms. The van der Waals surface area contributed by atoms with Crippen LogP contribution >= 0.6 is 0 Å². The van der Waals surface area contributed by atoms with E-state index in [4.69, 9.17) is 15.2 Å². The molecular weight excluding hydrogens is 226 g/mol. The molecule has 0 fully saturated rings. The Balaban J connectivity index is 2.09. The van der Waals surface area contributed by atoms with Crippen LogP contribution in [-0.4, -0.2) is 7.11 Å². The molecule has 0 unspecified atom stereocenters. The largest absolute Gasteiger partial charge is 0.495 e. The molecule has 18 heavy (non-hydrogen) atoms. The zero-order valence-corrected chi connectivity index (χ0v) is 10.6. The molecule has 3 nitrogen and oxygen atoms in total. The van der Waals surface area contributed by atoms with Gasteiger partial charge in [0.25, 0.3) is 0 Å². The number of rotatable bonds is 4. The first-order valence-corrected chi connectivity index (χ1v) is 5.81. The number of para-hydroxylation sites is 1. The van der Waals surface area contributed by atoms with Crippen molar-refractivity contribution in [3.8, 4) is 11.5 Å². The molecule has 2 aromatic carbocycles. The summed E-state index contributed by atoms with van der Waals surface area (Å²) in [7, 11) is 1.61. The van der Waals surface area contributed by atoms with Gasteiger partial charge in [-0.2, -0.15) is 0 Å². The summed E-state index contributed by atoms with van der Waals surface area (Å²) >= 11 is 0. The predicted octanol–water partition coefficient (Wildman–Crippen LogP) is 3.16. The summed E-state index contributed by atoms with van der Waals surface area (Å²) in [5.41, 5.74) is 8.56. The van der Waals surface area contributed by atoms with E-state index in [1.165, 1.54) is 0 Å². The highest BCUT2D eigenvalue weighted by Crippen LogP contribution is 2.24. The normalized spacial score (nSPS) is 10.1. The molecule has 0 amide bonds. The number of nitrogens with two attached hydrogens (primary N) is 1. The summed E-state index contributed by atoms with van der Waals surface area (Å²) in [6, 6.07) is 13.6. The van der Waals surface area contributed by atoms with Crippen molar-refractivity contribution in [2.24, 2.45) is 0 Å². The van der Waals surface area contributed by atoms with Gasteiger partial charge in [0, 0.05) is 0 Å². The molecule has 0 aliphatic rings. The Morgan fingerprint density at radius 1 is 1.06 bits per heavy atom. The van der Waals surface area contributed by atoms with Crippen LogP contribution in [0.1, 0.15) is 11.1 Å². The van der Waals surface area contributed by atoms with E-state index in [1.54, 1.807) is 7.11 Å². The van der Waals surface area contributed by atoms with Gasteiger partial charge in [0.1, 0.15) is 18.1 Å². The van der Waals surface area contributed by atoms with Crippen molar-refractivity contribution in [1.29, 1.82) is 0 Å². The van der Waals surface area contributed by atoms with Crippen LogP contribution in [0.25, 0.3) is 0 Å². The van der Waals surface area contributed by atoms with Gasteiger partial charge >= 0.3 is 0 Å². The first-order chi connectivity index (χ1) is 8.70. The maximum Gasteiger partial charge on any atom is 0.142 e. The number of methoxy groups -OCH3 is 1. The molecule has 0 spiro atoms. The number of nitrogen functional groups attached to an aromatic ring is 1. The van der Waals surface area contributed by atoms with Crippen molar-refractivity contribution in [3.05, 3.63) is 53.6 Å². The molecule has 0 radical (unpaired) electrons. The van der Waals surface area contributed by atoms with E-state index in [2.05, 4.69) is 0 Å². The smallest absolute Gasteiger partial charge is 0.142 e. The fourth-order valence-electron chi connectivity index (χ4n) is 1.72. The van der Waals surface area contributed by atoms with Gasteiger partial charge in [0.2, 0.25) is 0 Å². The van der Waals surface area contributed by atoms with Crippen LogP contribution in [0.4, 0.5) is 5.69 Å². The maximum atomic E-state index is 5.77. The van der Waals surface area contributed by atoms with Crippen LogP contribution in [0.3, 0.4) is 0 Å². The van der Waals surface area contributed by atoms with Crippen LogP contribution in [-0.2, 0) is 6.61 Å². The Labute approximate surface area is 107 Å². The number of ether oxygens (including phenoxy) is 2. The van der Waals surface area contributed by atoms with E-state index >= 15 is 0 Å². The first kappa shape index (κ1) is 12.3. The standard InChI is InChI=1S/C15H17NO2/c1-11-5-3-4-6-14(11)18-10-12-7-8-13(16)15(9-12)17-2/h3-9H,10,16H2,1-2H3. The van der Waals surface area contributed by atoms with E-state index in [1.807, 2.05) is 49.4 Å². The second-order valence-electron chi connectivity index (χ2n) is 4.13. The number of anilines is 1. The molecule has 2 rings (SSSR count). The van der Waals surface area contributed by atoms with Crippen LogP contribution < -0.4 is 15.2 Å². The van der Waals surface area contributed by atoms with Gasteiger partial charge in [0.15, 0.2) is 0 Å². The van der Waals surface area contributed by atoms with Crippen molar-refractivity contribution in [1.82, 2.24) is 0 Å². The third kappa shape index (κ3) is 2.74. The summed E-state index contributed by atoms with van der Waals surface area (Å²) in [6.45, 7) is 2.53. The molecule has 0 aromatic heterocycles. The van der Waals surface area contributed by atoms with Gasteiger partial charge < -0.3 is 15.2 Å². The highest BCUT2D eigenvalue weighted by molar-refractivity contribution is 5.53. The molecule has 0 bridgehead atoms. The molecule has 0 atom stereocenters. The minimum absolute atomic E-state index is 0.501. The van der Waals surface area contributed by atoms with Crippen LogP contribution in [0.5, 0.6) is 11.5 Å². The molecular formula is C15H17NO2. The van der Waals surface area contributed by atoms with Gasteiger partial charge in [-0.1, -0.05) is 24.3 Å². The third-order valence-corrected chi connectivity index (χ3v) is 2.79. The summed E-state index contributed by atoms with van der Waals surface area (Å²) in [6.07, 6.45) is 0. The van der Waals surface area contributed by atoms with Gasteiger partial charge in [-0.25, -0.2) is 0 Å². The van der Waals surface area contributed by atoms with Crippen molar-refractivity contribution < 1.29 is 9.47 Å². The number of hydrogen-bond donors (Lipinski definition) is 1. The van der Waals surface area contributed by atoms with E-state index in [9.17, 15) is 0 Å². The van der Waals surface area contributed by atoms with Crippen LogP contribution in [0.2, 0.25) is 0 Å². The van der Waals surface area contributed by atoms with Crippen molar-refractivity contribution >= 4 is 5.69 Å². The Bertz CT molecular complexity index is 538. The van der Waals surface area contributed by atoms with Crippen molar-refractivity contribution in [2.75, 3.05) is 12.8 Å². The molecule has 0 saturated heterocycles. The average molecular weight is 243 g/mol. The summed E-state index contributed by atoms with van der Waals surface area (Å²) in [4.78, 5) is 0. The number of hydrogen-bond acceptors (Lipinski definition) is 3. The van der Waals surface area contributed by atoms with Crippen molar-refractivity contribution in [2.45, 2.75) is 13.5 Å². The zero-order chi connectivity index (χ0) is 13.0. The van der Waals surface area contributed by atoms with Gasteiger partial charge in [0.05, 0.1) is 12.8 Å². The highest BCUT2D eigenvalue weighted by Gasteiger charge is 2.03. The lowest BCUT2D eigenvalue weighted by atomic mass is 10.2. The average Bonchev–Trinajstić information content (AvgIpc) is 2.39. The lowest BCUT2D eigenvalue weighted by Crippen LogP contribution is -1.99. The Kier molecular flexibility index (Phi) is 3.72. The topological polar surface area (TPSA) is 44.5 Å². The SMILES string of the molecule is COc1cc(COc2ccccc2C)ccc1N. The van der Waals surface area contributed by atoms with E-state index in [0.717, 1.165) is 16.9 Å². The fraction of sp³-hybridized carbons (Fsp3) is 0.200. The molecule has 0 aliphatic heterocycles. The first-order valence-electron chi connectivity index (χ1n) is 5.81. The molecule has 0 saturated carbocycles. The summed E-state index contributed by atoms with van der Waals surface area (Å²) in [5.74, 6) is 1.58. The third-order valence-electron chi connectivity index (χ3n) is 2.79. The summed E-state index contributed by atoms with van der Waals surface area (Å²) in [5, 5.41) is 0. The Morgan fingerprint density at radius 3 is 2.56 bits per heavy atom. The van der Waals surface area contributed by atoms with E-state index in [-0.39, 0.29) is 0 Å². The monoisotopic (exact) mass is 243 g/mol. The summed E-state index contributed by atoms with van der Waals surface area (Å²) < 4.78 is 10.9. The molecule has 0 aliphatic carbocycles. The zero-order valence-electron chi connectivity index (χ0n) is 10.6.